The molecule has 1 aliphatic rings. The summed E-state index contributed by atoms with van der Waals surface area (Å²) in [6.07, 6.45) is 4.54. The van der Waals surface area contributed by atoms with Gasteiger partial charge in [0.1, 0.15) is 0 Å². The van der Waals surface area contributed by atoms with Crippen LogP contribution < -0.4 is 0 Å². The second-order valence-electron chi connectivity index (χ2n) is 5.83. The van der Waals surface area contributed by atoms with Crippen molar-refractivity contribution in [2.75, 3.05) is 0 Å². The first-order valence-electron chi connectivity index (χ1n) is 8.24. The average molecular weight is 272 g/mol. The van der Waals surface area contributed by atoms with E-state index >= 15 is 0 Å². The molecule has 0 heteroatoms. The molecule has 0 atom stereocenters. The zero-order valence-corrected chi connectivity index (χ0v) is 14.8. The van der Waals surface area contributed by atoms with Crippen LogP contribution in [-0.4, -0.2) is 0 Å². The molecule has 0 radical (unpaired) electrons. The van der Waals surface area contributed by atoms with Crippen LogP contribution in [0.4, 0.5) is 0 Å². The fourth-order valence-corrected chi connectivity index (χ4v) is 3.85. The van der Waals surface area contributed by atoms with Gasteiger partial charge in [0.15, 0.2) is 0 Å². The van der Waals surface area contributed by atoms with Crippen molar-refractivity contribution in [3.05, 3.63) is 44.6 Å². The van der Waals surface area contributed by atoms with Crippen LogP contribution in [0.3, 0.4) is 0 Å². The number of hydrogen-bond donors (Lipinski definition) is 0. The maximum absolute atomic E-state index is 2.33. The molecule has 0 bridgehead atoms. The first kappa shape index (κ1) is 17.0. The molecular weight excluding hydrogens is 240 g/mol. The van der Waals surface area contributed by atoms with Crippen LogP contribution in [0.1, 0.15) is 81.1 Å². The molecule has 112 valence electrons. The summed E-state index contributed by atoms with van der Waals surface area (Å²) in [7, 11) is 0. The molecule has 0 aromatic heterocycles. The molecule has 0 nitrogen and oxygen atoms in total. The van der Waals surface area contributed by atoms with E-state index in [1.165, 1.54) is 22.3 Å². The van der Waals surface area contributed by atoms with Crippen LogP contribution in [0.15, 0.2) is 44.6 Å². The standard InChI is InChI=1S/C20H32/c1-9-17-13(5)14(6)18(10-2)16(8)20(12-4)19(11-3)15(17)7/h9-12H2,1-8H3/b14-13-,17-13?,17-15-,18-14?,18-16-,19-15?,20-16?,20-19-. The van der Waals surface area contributed by atoms with Crippen molar-refractivity contribution in [3.63, 3.8) is 0 Å². The Kier molecular flexibility index (Phi) is 6.05. The van der Waals surface area contributed by atoms with Gasteiger partial charge < -0.3 is 0 Å². The second-order valence-corrected chi connectivity index (χ2v) is 5.83. The Morgan fingerprint density at radius 2 is 0.650 bits per heavy atom. The third-order valence-electron chi connectivity index (χ3n) is 5.06. The van der Waals surface area contributed by atoms with E-state index < -0.39 is 0 Å². The van der Waals surface area contributed by atoms with Crippen molar-refractivity contribution in [2.24, 2.45) is 0 Å². The van der Waals surface area contributed by atoms with Crippen LogP contribution in [0, 0.1) is 0 Å². The summed E-state index contributed by atoms with van der Waals surface area (Å²) in [4.78, 5) is 0. The predicted octanol–water partition coefficient (Wildman–Crippen LogP) is 6.91. The second kappa shape index (κ2) is 7.11. The van der Waals surface area contributed by atoms with Crippen LogP contribution in [0.2, 0.25) is 0 Å². The van der Waals surface area contributed by atoms with Crippen LogP contribution >= 0.6 is 0 Å². The molecular formula is C20H32. The molecule has 0 unspecified atom stereocenters. The monoisotopic (exact) mass is 272 g/mol. The van der Waals surface area contributed by atoms with Gasteiger partial charge in [0.2, 0.25) is 0 Å². The van der Waals surface area contributed by atoms with Gasteiger partial charge in [0.05, 0.1) is 0 Å². The Hall–Kier alpha value is -1.04. The molecule has 0 fully saturated rings. The highest BCUT2D eigenvalue weighted by atomic mass is 14.2. The molecule has 0 aromatic rings. The van der Waals surface area contributed by atoms with Gasteiger partial charge in [-0.15, -0.1) is 0 Å². The van der Waals surface area contributed by atoms with E-state index in [0.717, 1.165) is 25.7 Å². The molecule has 0 aromatic carbocycles. The van der Waals surface area contributed by atoms with Gasteiger partial charge in [-0.1, -0.05) is 27.7 Å². The zero-order valence-electron chi connectivity index (χ0n) is 14.8. The van der Waals surface area contributed by atoms with E-state index in [1.807, 2.05) is 0 Å². The largest absolute Gasteiger partial charge is 0.0613 e. The van der Waals surface area contributed by atoms with E-state index in [0.29, 0.717) is 0 Å². The van der Waals surface area contributed by atoms with E-state index in [9.17, 15) is 0 Å². The van der Waals surface area contributed by atoms with Crippen molar-refractivity contribution in [2.45, 2.75) is 81.1 Å². The highest BCUT2D eigenvalue weighted by molar-refractivity contribution is 5.58. The molecule has 0 saturated heterocycles. The predicted molar refractivity (Wildman–Crippen MR) is 92.0 cm³/mol. The molecule has 1 aliphatic carbocycles. The topological polar surface area (TPSA) is 0 Å². The molecule has 0 amide bonds. The minimum atomic E-state index is 1.13. The third-order valence-corrected chi connectivity index (χ3v) is 5.06. The minimum Gasteiger partial charge on any atom is -0.0613 e. The Morgan fingerprint density at radius 3 is 0.850 bits per heavy atom. The van der Waals surface area contributed by atoms with Gasteiger partial charge in [0.25, 0.3) is 0 Å². The Morgan fingerprint density at radius 1 is 0.400 bits per heavy atom. The highest BCUT2D eigenvalue weighted by Crippen LogP contribution is 2.38. The first-order valence-corrected chi connectivity index (χ1v) is 8.24. The molecule has 20 heavy (non-hydrogen) atoms. The Bertz CT molecular complexity index is 458. The lowest BCUT2D eigenvalue weighted by Crippen LogP contribution is -2.06. The summed E-state index contributed by atoms with van der Waals surface area (Å²) in [6, 6.07) is 0. The number of hydrogen-bond acceptors (Lipinski definition) is 0. The average Bonchev–Trinajstić information content (AvgIpc) is 2.44. The summed E-state index contributed by atoms with van der Waals surface area (Å²) < 4.78 is 0. The normalized spacial score (nSPS) is 32.4. The third kappa shape index (κ3) is 2.85. The van der Waals surface area contributed by atoms with Crippen LogP contribution in [0.5, 0.6) is 0 Å². The Labute approximate surface area is 126 Å². The van der Waals surface area contributed by atoms with Gasteiger partial charge in [-0.05, 0) is 98.0 Å². The summed E-state index contributed by atoms with van der Waals surface area (Å²) in [5.74, 6) is 0. The van der Waals surface area contributed by atoms with Crippen molar-refractivity contribution in [3.8, 4) is 0 Å². The lowest BCUT2D eigenvalue weighted by molar-refractivity contribution is 0.932. The maximum atomic E-state index is 2.33. The molecule has 0 saturated carbocycles. The van der Waals surface area contributed by atoms with E-state index in [2.05, 4.69) is 55.4 Å². The number of allylic oxidation sites excluding steroid dienone is 8. The quantitative estimate of drug-likeness (QED) is 0.522. The van der Waals surface area contributed by atoms with Crippen molar-refractivity contribution >= 4 is 0 Å². The fraction of sp³-hybridized carbons (Fsp3) is 0.600. The van der Waals surface area contributed by atoms with Gasteiger partial charge >= 0.3 is 0 Å². The first-order chi connectivity index (χ1) is 9.44. The smallest absolute Gasteiger partial charge is 0.0302 e. The van der Waals surface area contributed by atoms with Gasteiger partial charge in [-0.3, -0.25) is 0 Å². The fourth-order valence-electron chi connectivity index (χ4n) is 3.85. The molecule has 0 heterocycles. The van der Waals surface area contributed by atoms with Gasteiger partial charge in [-0.25, -0.2) is 0 Å². The summed E-state index contributed by atoms with van der Waals surface area (Å²) in [6.45, 7) is 18.5. The lowest BCUT2D eigenvalue weighted by atomic mass is 9.80. The van der Waals surface area contributed by atoms with Gasteiger partial charge in [-0.2, -0.15) is 0 Å². The highest BCUT2D eigenvalue weighted by Gasteiger charge is 2.19. The maximum Gasteiger partial charge on any atom is -0.0302 e. The Balaban J connectivity index is 3.80. The lowest BCUT2D eigenvalue weighted by Gasteiger charge is -2.26. The van der Waals surface area contributed by atoms with E-state index in [4.69, 9.17) is 0 Å². The summed E-state index contributed by atoms with van der Waals surface area (Å²) in [5.41, 5.74) is 12.3. The van der Waals surface area contributed by atoms with Gasteiger partial charge in [0, 0.05) is 0 Å². The van der Waals surface area contributed by atoms with E-state index in [1.54, 1.807) is 22.3 Å². The van der Waals surface area contributed by atoms with Crippen LogP contribution in [0.25, 0.3) is 0 Å². The van der Waals surface area contributed by atoms with Crippen molar-refractivity contribution < 1.29 is 0 Å². The molecule has 0 aliphatic heterocycles. The molecule has 1 rings (SSSR count). The van der Waals surface area contributed by atoms with Crippen molar-refractivity contribution in [1.29, 1.82) is 0 Å². The SMILES string of the molecule is CCC1=C(C)/C(CC)=C(CC)\C(C)=C(CC)/C(C)=C\1C. The summed E-state index contributed by atoms with van der Waals surface area (Å²) in [5, 5.41) is 0. The molecule has 0 N–H and O–H groups in total. The van der Waals surface area contributed by atoms with Crippen molar-refractivity contribution in [1.82, 2.24) is 0 Å². The molecule has 0 spiro atoms. The summed E-state index contributed by atoms with van der Waals surface area (Å²) >= 11 is 0. The van der Waals surface area contributed by atoms with E-state index in [-0.39, 0.29) is 0 Å². The number of rotatable bonds is 4. The van der Waals surface area contributed by atoms with Crippen LogP contribution in [-0.2, 0) is 0 Å². The zero-order chi connectivity index (χ0) is 15.4. The minimum absolute atomic E-state index is 1.13.